The molecule has 0 fully saturated rings. The van der Waals surface area contributed by atoms with Crippen LogP contribution in [0.5, 0.6) is 0 Å². The van der Waals surface area contributed by atoms with Crippen LogP contribution < -0.4 is 5.73 Å². The maximum Gasteiger partial charge on any atom is 0.248 e. The van der Waals surface area contributed by atoms with E-state index in [4.69, 9.17) is 17.3 Å². The third-order valence-corrected chi connectivity index (χ3v) is 2.35. The molecule has 0 spiro atoms. The van der Waals surface area contributed by atoms with E-state index in [1.54, 1.807) is 35.3 Å². The van der Waals surface area contributed by atoms with Gasteiger partial charge in [-0.3, -0.25) is 9.48 Å². The van der Waals surface area contributed by atoms with Gasteiger partial charge >= 0.3 is 0 Å². The summed E-state index contributed by atoms with van der Waals surface area (Å²) in [6, 6.07) is 7.13. The van der Waals surface area contributed by atoms with E-state index in [0.717, 1.165) is 5.56 Å². The van der Waals surface area contributed by atoms with Gasteiger partial charge in [0.2, 0.25) is 5.91 Å². The number of amides is 1. The van der Waals surface area contributed by atoms with Gasteiger partial charge < -0.3 is 5.73 Å². The van der Waals surface area contributed by atoms with Crippen molar-refractivity contribution in [3.63, 3.8) is 0 Å². The molecule has 0 unspecified atom stereocenters. The second kappa shape index (κ2) is 4.37. The molecule has 2 N–H and O–H groups in total. The van der Waals surface area contributed by atoms with Gasteiger partial charge in [-0.1, -0.05) is 23.7 Å². The Kier molecular flexibility index (Phi) is 2.92. The number of hydrogen-bond donors (Lipinski definition) is 1. The summed E-state index contributed by atoms with van der Waals surface area (Å²) in [4.78, 5) is 11.0. The monoisotopic (exact) mass is 235 g/mol. The molecular formula is C11H10ClN3O. The molecule has 16 heavy (non-hydrogen) atoms. The molecule has 1 amide bonds. The molecule has 0 saturated heterocycles. The lowest BCUT2D eigenvalue weighted by Gasteiger charge is -2.03. The van der Waals surface area contributed by atoms with E-state index in [0.29, 0.717) is 17.1 Å². The summed E-state index contributed by atoms with van der Waals surface area (Å²) in [5.74, 6) is -0.430. The summed E-state index contributed by atoms with van der Waals surface area (Å²) < 4.78 is 1.70. The number of nitrogens with two attached hydrogens (primary N) is 1. The SMILES string of the molecule is NC(=O)c1cccc(Cn2cc(Cl)cn2)c1. The normalized spacial score (nSPS) is 10.3. The second-order valence-electron chi connectivity index (χ2n) is 3.42. The van der Waals surface area contributed by atoms with E-state index < -0.39 is 5.91 Å². The van der Waals surface area contributed by atoms with Gasteiger partial charge in [-0.2, -0.15) is 5.10 Å². The standard InChI is InChI=1S/C11H10ClN3O/c12-10-5-14-15(7-10)6-8-2-1-3-9(4-8)11(13)16/h1-5,7H,6H2,(H2,13,16). The van der Waals surface area contributed by atoms with Crippen LogP contribution in [0.15, 0.2) is 36.7 Å². The Bertz CT molecular complexity index is 521. The first-order chi connectivity index (χ1) is 7.65. The minimum atomic E-state index is -0.430. The van der Waals surface area contributed by atoms with Gasteiger partial charge in [-0.25, -0.2) is 0 Å². The van der Waals surface area contributed by atoms with Crippen LogP contribution in [0.25, 0.3) is 0 Å². The van der Waals surface area contributed by atoms with Crippen LogP contribution >= 0.6 is 11.6 Å². The second-order valence-corrected chi connectivity index (χ2v) is 3.86. The zero-order chi connectivity index (χ0) is 11.5. The summed E-state index contributed by atoms with van der Waals surface area (Å²) in [5.41, 5.74) is 6.65. The number of aromatic nitrogens is 2. The van der Waals surface area contributed by atoms with Crippen LogP contribution in [0.2, 0.25) is 5.02 Å². The zero-order valence-electron chi connectivity index (χ0n) is 8.43. The highest BCUT2D eigenvalue weighted by atomic mass is 35.5. The van der Waals surface area contributed by atoms with Crippen molar-refractivity contribution in [2.45, 2.75) is 6.54 Å². The average Bonchev–Trinajstić information content (AvgIpc) is 2.64. The molecule has 4 nitrogen and oxygen atoms in total. The largest absolute Gasteiger partial charge is 0.366 e. The first kappa shape index (κ1) is 10.7. The van der Waals surface area contributed by atoms with Crippen molar-refractivity contribution in [1.29, 1.82) is 0 Å². The van der Waals surface area contributed by atoms with E-state index in [1.807, 2.05) is 6.07 Å². The Hall–Kier alpha value is -1.81. The summed E-state index contributed by atoms with van der Waals surface area (Å²) in [5, 5.41) is 4.64. The number of primary amides is 1. The summed E-state index contributed by atoms with van der Waals surface area (Å²) in [7, 11) is 0. The van der Waals surface area contributed by atoms with E-state index in [9.17, 15) is 4.79 Å². The van der Waals surface area contributed by atoms with E-state index in [1.165, 1.54) is 0 Å². The van der Waals surface area contributed by atoms with Gasteiger partial charge in [0.15, 0.2) is 0 Å². The maximum absolute atomic E-state index is 11.0. The molecule has 0 atom stereocenters. The highest BCUT2D eigenvalue weighted by Crippen LogP contribution is 2.09. The van der Waals surface area contributed by atoms with Crippen LogP contribution in [-0.4, -0.2) is 15.7 Å². The molecule has 5 heteroatoms. The number of carbonyl (C=O) groups is 1. The topological polar surface area (TPSA) is 60.9 Å². The van der Waals surface area contributed by atoms with Gasteiger partial charge in [-0.15, -0.1) is 0 Å². The molecule has 2 aromatic rings. The van der Waals surface area contributed by atoms with Crippen molar-refractivity contribution in [2.24, 2.45) is 5.73 Å². The number of rotatable bonds is 3. The van der Waals surface area contributed by atoms with E-state index >= 15 is 0 Å². The Labute approximate surface area is 97.6 Å². The molecular weight excluding hydrogens is 226 g/mol. The molecule has 0 bridgehead atoms. The lowest BCUT2D eigenvalue weighted by atomic mass is 10.1. The van der Waals surface area contributed by atoms with Crippen LogP contribution in [0, 0.1) is 0 Å². The number of carbonyl (C=O) groups excluding carboxylic acids is 1. The van der Waals surface area contributed by atoms with Gasteiger partial charge in [0, 0.05) is 11.8 Å². The minimum absolute atomic E-state index is 0.430. The predicted octanol–water partition coefficient (Wildman–Crippen LogP) is 1.68. The fourth-order valence-electron chi connectivity index (χ4n) is 1.43. The smallest absolute Gasteiger partial charge is 0.248 e. The molecule has 0 aliphatic carbocycles. The van der Waals surface area contributed by atoms with Crippen molar-refractivity contribution in [3.8, 4) is 0 Å². The molecule has 1 aromatic heterocycles. The molecule has 0 aliphatic rings. The van der Waals surface area contributed by atoms with Crippen molar-refractivity contribution in [2.75, 3.05) is 0 Å². The third-order valence-electron chi connectivity index (χ3n) is 2.16. The first-order valence-electron chi connectivity index (χ1n) is 4.72. The number of halogens is 1. The summed E-state index contributed by atoms with van der Waals surface area (Å²) in [6.45, 7) is 0.563. The van der Waals surface area contributed by atoms with Gasteiger partial charge in [0.25, 0.3) is 0 Å². The van der Waals surface area contributed by atoms with Crippen molar-refractivity contribution >= 4 is 17.5 Å². The van der Waals surface area contributed by atoms with Crippen LogP contribution in [-0.2, 0) is 6.54 Å². The number of nitrogens with zero attached hydrogens (tertiary/aromatic N) is 2. The maximum atomic E-state index is 11.0. The Morgan fingerprint density at radius 3 is 2.94 bits per heavy atom. The highest BCUT2D eigenvalue weighted by molar-refractivity contribution is 6.30. The van der Waals surface area contributed by atoms with E-state index in [2.05, 4.69) is 5.10 Å². The zero-order valence-corrected chi connectivity index (χ0v) is 9.19. The highest BCUT2D eigenvalue weighted by Gasteiger charge is 2.02. The lowest BCUT2D eigenvalue weighted by molar-refractivity contribution is 0.1000. The quantitative estimate of drug-likeness (QED) is 0.880. The Morgan fingerprint density at radius 1 is 1.50 bits per heavy atom. The molecule has 1 aromatic carbocycles. The summed E-state index contributed by atoms with van der Waals surface area (Å²) in [6.07, 6.45) is 3.29. The fraction of sp³-hybridized carbons (Fsp3) is 0.0909. The number of hydrogen-bond acceptors (Lipinski definition) is 2. The Balaban J connectivity index is 2.21. The fourth-order valence-corrected chi connectivity index (χ4v) is 1.59. The van der Waals surface area contributed by atoms with Gasteiger partial charge in [0.05, 0.1) is 17.8 Å². The van der Waals surface area contributed by atoms with Crippen molar-refractivity contribution < 1.29 is 4.79 Å². The van der Waals surface area contributed by atoms with Crippen molar-refractivity contribution in [1.82, 2.24) is 9.78 Å². The molecule has 82 valence electrons. The van der Waals surface area contributed by atoms with E-state index in [-0.39, 0.29) is 0 Å². The molecule has 2 rings (SSSR count). The predicted molar refractivity (Wildman–Crippen MR) is 61.3 cm³/mol. The number of benzene rings is 1. The molecule has 0 saturated carbocycles. The van der Waals surface area contributed by atoms with Gasteiger partial charge in [0.1, 0.15) is 0 Å². The average molecular weight is 236 g/mol. The van der Waals surface area contributed by atoms with Crippen LogP contribution in [0.3, 0.4) is 0 Å². The van der Waals surface area contributed by atoms with Gasteiger partial charge in [-0.05, 0) is 17.7 Å². The Morgan fingerprint density at radius 2 is 2.31 bits per heavy atom. The molecule has 0 aliphatic heterocycles. The minimum Gasteiger partial charge on any atom is -0.366 e. The third kappa shape index (κ3) is 2.41. The first-order valence-corrected chi connectivity index (χ1v) is 5.09. The van der Waals surface area contributed by atoms with Crippen LogP contribution in [0.4, 0.5) is 0 Å². The molecule has 1 heterocycles. The molecule has 0 radical (unpaired) electrons. The summed E-state index contributed by atoms with van der Waals surface area (Å²) >= 11 is 5.75. The van der Waals surface area contributed by atoms with Crippen LogP contribution in [0.1, 0.15) is 15.9 Å². The van der Waals surface area contributed by atoms with Crippen molar-refractivity contribution in [3.05, 3.63) is 52.8 Å². The lowest BCUT2D eigenvalue weighted by Crippen LogP contribution is -2.11.